The van der Waals surface area contributed by atoms with Gasteiger partial charge in [-0.15, -0.1) is 0 Å². The van der Waals surface area contributed by atoms with E-state index in [0.29, 0.717) is 0 Å². The second kappa shape index (κ2) is 5.10. The first-order valence-electron chi connectivity index (χ1n) is 6.49. The first-order chi connectivity index (χ1) is 9.38. The van der Waals surface area contributed by atoms with Crippen LogP contribution in [-0.2, 0) is 6.54 Å². The summed E-state index contributed by atoms with van der Waals surface area (Å²) in [6, 6.07) is 8.19. The molecular weight excluding hydrogens is 236 g/mol. The maximum atomic E-state index is 4.37. The molecule has 2 heterocycles. The minimum absolute atomic E-state index is 0.873. The van der Waals surface area contributed by atoms with Crippen molar-refractivity contribution < 1.29 is 0 Å². The van der Waals surface area contributed by atoms with Crippen LogP contribution in [0.25, 0.3) is 10.8 Å². The highest BCUT2D eigenvalue weighted by atomic mass is 15.2. The lowest BCUT2D eigenvalue weighted by Crippen LogP contribution is -2.03. The van der Waals surface area contributed by atoms with Crippen LogP contribution >= 0.6 is 0 Å². The Kier molecular flexibility index (Phi) is 3.14. The van der Waals surface area contributed by atoms with Crippen molar-refractivity contribution in [2.75, 3.05) is 5.32 Å². The highest BCUT2D eigenvalue weighted by Gasteiger charge is 2.05. The lowest BCUT2D eigenvalue weighted by atomic mass is 10.1. The third-order valence-corrected chi connectivity index (χ3v) is 3.11. The largest absolute Gasteiger partial charge is 0.325 e. The van der Waals surface area contributed by atoms with E-state index in [4.69, 9.17) is 0 Å². The molecule has 0 spiro atoms. The standard InChI is InChI=1S/C15H16N4/c1-2-9-19-10-8-17-15(19)18-14-5-3-4-12-6-7-16-11-13(12)14/h3-8,10-11H,2,9H2,1H3,(H,17,18). The van der Waals surface area contributed by atoms with Gasteiger partial charge in [-0.1, -0.05) is 19.1 Å². The van der Waals surface area contributed by atoms with Gasteiger partial charge in [-0.25, -0.2) is 4.98 Å². The molecule has 0 radical (unpaired) electrons. The Labute approximate surface area is 112 Å². The molecule has 1 aromatic carbocycles. The van der Waals surface area contributed by atoms with Crippen molar-refractivity contribution in [1.82, 2.24) is 14.5 Å². The van der Waals surface area contributed by atoms with Gasteiger partial charge >= 0.3 is 0 Å². The molecule has 3 rings (SSSR count). The van der Waals surface area contributed by atoms with E-state index in [9.17, 15) is 0 Å². The number of anilines is 2. The van der Waals surface area contributed by atoms with Gasteiger partial charge in [-0.3, -0.25) is 4.98 Å². The number of nitrogens with zero attached hydrogens (tertiary/aromatic N) is 3. The summed E-state index contributed by atoms with van der Waals surface area (Å²) in [7, 11) is 0. The second-order valence-electron chi connectivity index (χ2n) is 4.47. The van der Waals surface area contributed by atoms with E-state index < -0.39 is 0 Å². The minimum atomic E-state index is 0.873. The number of pyridine rings is 1. The molecule has 0 fully saturated rings. The molecular formula is C15H16N4. The molecule has 0 saturated carbocycles. The van der Waals surface area contributed by atoms with E-state index in [1.54, 1.807) is 0 Å². The molecule has 19 heavy (non-hydrogen) atoms. The van der Waals surface area contributed by atoms with Crippen molar-refractivity contribution >= 4 is 22.4 Å². The normalized spacial score (nSPS) is 10.8. The van der Waals surface area contributed by atoms with Crippen LogP contribution in [0.1, 0.15) is 13.3 Å². The summed E-state index contributed by atoms with van der Waals surface area (Å²) in [5.41, 5.74) is 1.04. The molecule has 0 saturated heterocycles. The van der Waals surface area contributed by atoms with Crippen LogP contribution in [0.4, 0.5) is 11.6 Å². The third kappa shape index (κ3) is 2.29. The molecule has 2 aromatic heterocycles. The van der Waals surface area contributed by atoms with E-state index in [0.717, 1.165) is 30.0 Å². The average Bonchev–Trinajstić information content (AvgIpc) is 2.87. The molecule has 96 valence electrons. The lowest BCUT2D eigenvalue weighted by molar-refractivity contribution is 0.686. The third-order valence-electron chi connectivity index (χ3n) is 3.11. The molecule has 3 aromatic rings. The maximum absolute atomic E-state index is 4.37. The van der Waals surface area contributed by atoms with Gasteiger partial charge in [0.05, 0.1) is 5.69 Å². The van der Waals surface area contributed by atoms with Gasteiger partial charge in [0.1, 0.15) is 0 Å². The number of fused-ring (bicyclic) bond motifs is 1. The van der Waals surface area contributed by atoms with E-state index >= 15 is 0 Å². The predicted molar refractivity (Wildman–Crippen MR) is 77.5 cm³/mol. The number of aromatic nitrogens is 3. The Hall–Kier alpha value is -2.36. The Balaban J connectivity index is 1.99. The van der Waals surface area contributed by atoms with Crippen molar-refractivity contribution in [3.05, 3.63) is 49.1 Å². The molecule has 0 amide bonds. The van der Waals surface area contributed by atoms with Gasteiger partial charge in [-0.05, 0) is 23.9 Å². The van der Waals surface area contributed by atoms with Crippen molar-refractivity contribution in [3.63, 3.8) is 0 Å². The van der Waals surface area contributed by atoms with Crippen LogP contribution in [0.3, 0.4) is 0 Å². The van der Waals surface area contributed by atoms with Gasteiger partial charge in [0.2, 0.25) is 5.95 Å². The van der Waals surface area contributed by atoms with Crippen molar-refractivity contribution in [3.8, 4) is 0 Å². The number of nitrogens with one attached hydrogen (secondary N) is 1. The van der Waals surface area contributed by atoms with E-state index in [2.05, 4.69) is 38.9 Å². The molecule has 0 aliphatic rings. The summed E-state index contributed by atoms with van der Waals surface area (Å²) >= 11 is 0. The van der Waals surface area contributed by atoms with Gasteiger partial charge in [0.15, 0.2) is 0 Å². The zero-order chi connectivity index (χ0) is 13.1. The van der Waals surface area contributed by atoms with Gasteiger partial charge in [0, 0.05) is 36.7 Å². The highest BCUT2D eigenvalue weighted by molar-refractivity contribution is 5.94. The smallest absolute Gasteiger partial charge is 0.207 e. The number of imidazole rings is 1. The predicted octanol–water partition coefficient (Wildman–Crippen LogP) is 3.58. The maximum Gasteiger partial charge on any atom is 0.207 e. The second-order valence-corrected chi connectivity index (χ2v) is 4.47. The Morgan fingerprint density at radius 1 is 1.21 bits per heavy atom. The van der Waals surface area contributed by atoms with Crippen LogP contribution in [0.2, 0.25) is 0 Å². The van der Waals surface area contributed by atoms with Crippen molar-refractivity contribution in [2.24, 2.45) is 0 Å². The SMILES string of the molecule is CCCn1ccnc1Nc1cccc2ccncc12. The summed E-state index contributed by atoms with van der Waals surface area (Å²) < 4.78 is 2.12. The van der Waals surface area contributed by atoms with Gasteiger partial charge in [0.25, 0.3) is 0 Å². The summed E-state index contributed by atoms with van der Waals surface area (Å²) in [5, 5.41) is 5.67. The molecule has 4 heteroatoms. The topological polar surface area (TPSA) is 42.7 Å². The highest BCUT2D eigenvalue weighted by Crippen LogP contribution is 2.24. The van der Waals surface area contributed by atoms with Crippen LogP contribution in [0, 0.1) is 0 Å². The Morgan fingerprint density at radius 2 is 2.16 bits per heavy atom. The average molecular weight is 252 g/mol. The fourth-order valence-electron chi connectivity index (χ4n) is 2.20. The fraction of sp³-hybridized carbons (Fsp3) is 0.200. The molecule has 0 atom stereocenters. The molecule has 0 aliphatic heterocycles. The molecule has 0 unspecified atom stereocenters. The minimum Gasteiger partial charge on any atom is -0.325 e. The first kappa shape index (κ1) is 11.7. The van der Waals surface area contributed by atoms with Crippen LogP contribution in [0.5, 0.6) is 0 Å². The molecule has 0 bridgehead atoms. The van der Waals surface area contributed by atoms with E-state index in [-0.39, 0.29) is 0 Å². The van der Waals surface area contributed by atoms with Crippen molar-refractivity contribution in [1.29, 1.82) is 0 Å². The quantitative estimate of drug-likeness (QED) is 0.771. The summed E-state index contributed by atoms with van der Waals surface area (Å²) in [6.45, 7) is 3.12. The monoisotopic (exact) mass is 252 g/mol. The Bertz CT molecular complexity index is 682. The van der Waals surface area contributed by atoms with Crippen LogP contribution in [-0.4, -0.2) is 14.5 Å². The van der Waals surface area contributed by atoms with Crippen molar-refractivity contribution in [2.45, 2.75) is 19.9 Å². The van der Waals surface area contributed by atoms with Gasteiger partial charge < -0.3 is 9.88 Å². The van der Waals surface area contributed by atoms with Crippen LogP contribution in [0.15, 0.2) is 49.1 Å². The number of hydrogen-bond acceptors (Lipinski definition) is 3. The van der Waals surface area contributed by atoms with Crippen LogP contribution < -0.4 is 5.32 Å². The molecule has 4 nitrogen and oxygen atoms in total. The van der Waals surface area contributed by atoms with Gasteiger partial charge in [-0.2, -0.15) is 0 Å². The molecule has 1 N–H and O–H groups in total. The number of benzene rings is 1. The number of aryl methyl sites for hydroxylation is 1. The fourth-order valence-corrected chi connectivity index (χ4v) is 2.20. The zero-order valence-electron chi connectivity index (χ0n) is 10.9. The summed E-state index contributed by atoms with van der Waals surface area (Å²) in [5.74, 6) is 0.873. The summed E-state index contributed by atoms with van der Waals surface area (Å²) in [6.07, 6.45) is 8.59. The van der Waals surface area contributed by atoms with E-state index in [1.165, 1.54) is 5.39 Å². The lowest BCUT2D eigenvalue weighted by Gasteiger charge is -2.10. The Morgan fingerprint density at radius 3 is 3.05 bits per heavy atom. The number of hydrogen-bond donors (Lipinski definition) is 1. The zero-order valence-corrected chi connectivity index (χ0v) is 10.9. The van der Waals surface area contributed by atoms with E-state index in [1.807, 2.05) is 36.9 Å². The molecule has 0 aliphatic carbocycles. The first-order valence-corrected chi connectivity index (χ1v) is 6.49. The summed E-state index contributed by atoms with van der Waals surface area (Å²) in [4.78, 5) is 8.56. The number of rotatable bonds is 4.